The molecule has 6 nitrogen and oxygen atoms in total. The van der Waals surface area contributed by atoms with Crippen LogP contribution in [0.25, 0.3) is 0 Å². The third kappa shape index (κ3) is 3.33. The summed E-state index contributed by atoms with van der Waals surface area (Å²) in [6, 6.07) is 5.11. The smallest absolute Gasteiger partial charge is 0.303 e. The first-order valence-electron chi connectivity index (χ1n) is 6.64. The maximum absolute atomic E-state index is 10.9. The van der Waals surface area contributed by atoms with Crippen LogP contribution in [0.5, 0.6) is 0 Å². The molecule has 0 aromatic heterocycles. The fourth-order valence-electron chi connectivity index (χ4n) is 2.75. The summed E-state index contributed by atoms with van der Waals surface area (Å²) >= 11 is 0. The Morgan fingerprint density at radius 3 is 2.95 bits per heavy atom. The third-order valence-corrected chi connectivity index (χ3v) is 3.84. The second-order valence-corrected chi connectivity index (χ2v) is 5.31. The van der Waals surface area contributed by atoms with Crippen molar-refractivity contribution < 1.29 is 14.8 Å². The lowest BCUT2D eigenvalue weighted by Gasteiger charge is -2.17. The molecule has 1 atom stereocenters. The Hall–Kier alpha value is -1.95. The molecule has 108 valence electrons. The molecule has 1 N–H and O–H groups in total. The van der Waals surface area contributed by atoms with Gasteiger partial charge in [-0.05, 0) is 31.4 Å². The van der Waals surface area contributed by atoms with Gasteiger partial charge in [0.2, 0.25) is 0 Å². The highest BCUT2D eigenvalue weighted by atomic mass is 16.6. The van der Waals surface area contributed by atoms with Crippen LogP contribution in [0.1, 0.15) is 24.0 Å². The number of carboxylic acids is 1. The number of likely N-dealkylation sites (tertiary alicyclic amines) is 1. The van der Waals surface area contributed by atoms with E-state index in [1.54, 1.807) is 13.0 Å². The van der Waals surface area contributed by atoms with Gasteiger partial charge in [0.15, 0.2) is 0 Å². The van der Waals surface area contributed by atoms with E-state index in [0.717, 1.165) is 25.1 Å². The van der Waals surface area contributed by atoms with Gasteiger partial charge >= 0.3 is 5.97 Å². The first-order chi connectivity index (χ1) is 9.47. The van der Waals surface area contributed by atoms with Gasteiger partial charge in [-0.1, -0.05) is 12.1 Å². The number of benzene rings is 1. The third-order valence-electron chi connectivity index (χ3n) is 3.84. The van der Waals surface area contributed by atoms with Crippen molar-refractivity contribution in [1.29, 1.82) is 0 Å². The summed E-state index contributed by atoms with van der Waals surface area (Å²) < 4.78 is 0. The maximum atomic E-state index is 10.9. The van der Waals surface area contributed by atoms with E-state index >= 15 is 0 Å². The highest BCUT2D eigenvalue weighted by Gasteiger charge is 2.25. The molecule has 1 aliphatic rings. The molecular weight excluding hydrogens is 260 g/mol. The zero-order valence-electron chi connectivity index (χ0n) is 11.4. The summed E-state index contributed by atoms with van der Waals surface area (Å²) in [5.74, 6) is -0.574. The predicted octanol–water partition coefficient (Wildman–Crippen LogP) is 2.20. The van der Waals surface area contributed by atoms with E-state index in [1.807, 2.05) is 6.07 Å². The van der Waals surface area contributed by atoms with E-state index < -0.39 is 5.97 Å². The molecule has 1 fully saturated rings. The molecule has 1 heterocycles. The molecule has 0 aliphatic carbocycles. The van der Waals surface area contributed by atoms with E-state index in [1.165, 1.54) is 6.07 Å². The molecular formula is C14H18N2O4. The number of nitro groups is 1. The fourth-order valence-corrected chi connectivity index (χ4v) is 2.75. The normalized spacial score (nSPS) is 19.1. The van der Waals surface area contributed by atoms with E-state index in [9.17, 15) is 14.9 Å². The minimum absolute atomic E-state index is 0.142. The summed E-state index contributed by atoms with van der Waals surface area (Å²) in [6.45, 7) is 4.00. The highest BCUT2D eigenvalue weighted by Crippen LogP contribution is 2.25. The number of hydrogen-bond donors (Lipinski definition) is 1. The molecule has 1 unspecified atom stereocenters. The molecule has 0 amide bonds. The van der Waals surface area contributed by atoms with E-state index in [2.05, 4.69) is 4.90 Å². The van der Waals surface area contributed by atoms with Gasteiger partial charge in [-0.2, -0.15) is 0 Å². The van der Waals surface area contributed by atoms with Crippen molar-refractivity contribution in [2.45, 2.75) is 26.3 Å². The summed E-state index contributed by atoms with van der Waals surface area (Å²) in [5, 5.41) is 19.7. The van der Waals surface area contributed by atoms with Crippen molar-refractivity contribution in [1.82, 2.24) is 4.90 Å². The van der Waals surface area contributed by atoms with Gasteiger partial charge in [-0.25, -0.2) is 0 Å². The lowest BCUT2D eigenvalue weighted by Crippen LogP contribution is -2.21. The number of nitrogens with zero attached hydrogens (tertiary/aromatic N) is 2. The van der Waals surface area contributed by atoms with Crippen molar-refractivity contribution in [2.75, 3.05) is 13.1 Å². The number of carbonyl (C=O) groups is 1. The van der Waals surface area contributed by atoms with Crippen molar-refractivity contribution >= 4 is 11.7 Å². The molecule has 1 aromatic carbocycles. The summed E-state index contributed by atoms with van der Waals surface area (Å²) in [7, 11) is 0. The lowest BCUT2D eigenvalue weighted by molar-refractivity contribution is -0.385. The average Bonchev–Trinajstić information content (AvgIpc) is 2.78. The molecule has 2 rings (SSSR count). The highest BCUT2D eigenvalue weighted by molar-refractivity contribution is 5.67. The Kier molecular flexibility index (Phi) is 4.34. The molecule has 1 saturated heterocycles. The van der Waals surface area contributed by atoms with Crippen LogP contribution in [-0.4, -0.2) is 34.0 Å². The molecule has 0 bridgehead atoms. The second-order valence-electron chi connectivity index (χ2n) is 5.31. The van der Waals surface area contributed by atoms with Crippen LogP contribution in [0.3, 0.4) is 0 Å². The number of hydrogen-bond acceptors (Lipinski definition) is 4. The molecule has 20 heavy (non-hydrogen) atoms. The molecule has 6 heteroatoms. The van der Waals surface area contributed by atoms with Crippen molar-refractivity contribution in [2.24, 2.45) is 5.92 Å². The minimum Gasteiger partial charge on any atom is -0.481 e. The van der Waals surface area contributed by atoms with Crippen LogP contribution in [0.2, 0.25) is 0 Å². The quantitative estimate of drug-likeness (QED) is 0.659. The number of carboxylic acid groups (broad SMARTS) is 1. The fraction of sp³-hybridized carbons (Fsp3) is 0.500. The summed E-state index contributed by atoms with van der Waals surface area (Å²) in [5.41, 5.74) is 1.78. The van der Waals surface area contributed by atoms with E-state index in [0.29, 0.717) is 12.1 Å². The average molecular weight is 278 g/mol. The first kappa shape index (κ1) is 14.5. The van der Waals surface area contributed by atoms with Crippen molar-refractivity contribution in [3.63, 3.8) is 0 Å². The molecule has 0 radical (unpaired) electrons. The Bertz CT molecular complexity index is 530. The van der Waals surface area contributed by atoms with Gasteiger partial charge in [0.25, 0.3) is 5.69 Å². The summed E-state index contributed by atoms with van der Waals surface area (Å²) in [6.07, 6.45) is 1.07. The maximum Gasteiger partial charge on any atom is 0.303 e. The van der Waals surface area contributed by atoms with Crippen LogP contribution in [-0.2, 0) is 11.3 Å². The van der Waals surface area contributed by atoms with Gasteiger partial charge in [-0.3, -0.25) is 19.8 Å². The van der Waals surface area contributed by atoms with Crippen LogP contribution >= 0.6 is 0 Å². The Morgan fingerprint density at radius 1 is 1.55 bits per heavy atom. The van der Waals surface area contributed by atoms with Gasteiger partial charge < -0.3 is 5.11 Å². The van der Waals surface area contributed by atoms with Crippen LogP contribution in [0.15, 0.2) is 18.2 Å². The molecule has 0 spiro atoms. The largest absolute Gasteiger partial charge is 0.481 e. The van der Waals surface area contributed by atoms with Crippen LogP contribution in [0, 0.1) is 23.0 Å². The number of aliphatic carboxylic acids is 1. The predicted molar refractivity (Wildman–Crippen MR) is 73.5 cm³/mol. The standard InChI is InChI=1S/C14H18N2O4/c1-10-12(3-2-4-13(10)16(19)20)9-15-6-5-11(8-15)7-14(17)18/h2-4,11H,5-9H2,1H3,(H,17,18). The zero-order valence-corrected chi connectivity index (χ0v) is 11.4. The summed E-state index contributed by atoms with van der Waals surface area (Å²) in [4.78, 5) is 23.4. The Labute approximate surface area is 117 Å². The molecule has 0 saturated carbocycles. The van der Waals surface area contributed by atoms with Crippen LogP contribution < -0.4 is 0 Å². The van der Waals surface area contributed by atoms with Gasteiger partial charge in [-0.15, -0.1) is 0 Å². The van der Waals surface area contributed by atoms with E-state index in [4.69, 9.17) is 5.11 Å². The Balaban J connectivity index is 2.03. The van der Waals surface area contributed by atoms with Crippen LogP contribution in [0.4, 0.5) is 5.69 Å². The lowest BCUT2D eigenvalue weighted by atomic mass is 10.1. The topological polar surface area (TPSA) is 83.7 Å². The van der Waals surface area contributed by atoms with Gasteiger partial charge in [0.05, 0.1) is 4.92 Å². The number of nitro benzene ring substituents is 1. The minimum atomic E-state index is -0.761. The SMILES string of the molecule is Cc1c(CN2CCC(CC(=O)O)C2)cccc1[N+](=O)[O-]. The second kappa shape index (κ2) is 6.00. The van der Waals surface area contributed by atoms with Crippen molar-refractivity contribution in [3.05, 3.63) is 39.4 Å². The number of rotatable bonds is 5. The molecule has 1 aliphatic heterocycles. The zero-order chi connectivity index (χ0) is 14.7. The first-order valence-corrected chi connectivity index (χ1v) is 6.64. The van der Waals surface area contributed by atoms with Gasteiger partial charge in [0, 0.05) is 31.1 Å². The monoisotopic (exact) mass is 278 g/mol. The Morgan fingerprint density at radius 2 is 2.30 bits per heavy atom. The molecule has 1 aromatic rings. The van der Waals surface area contributed by atoms with Gasteiger partial charge in [0.1, 0.15) is 0 Å². The van der Waals surface area contributed by atoms with E-state index in [-0.39, 0.29) is 22.9 Å². The van der Waals surface area contributed by atoms with Crippen molar-refractivity contribution in [3.8, 4) is 0 Å².